The van der Waals surface area contributed by atoms with Crippen LogP contribution < -0.4 is 0 Å². The van der Waals surface area contributed by atoms with Crippen LogP contribution in [0.25, 0.3) is 6.08 Å². The molecule has 1 unspecified atom stereocenters. The maximum absolute atomic E-state index is 5.87. The third-order valence-electron chi connectivity index (χ3n) is 3.69. The topological polar surface area (TPSA) is 12.5 Å². The van der Waals surface area contributed by atoms with E-state index in [1.54, 1.807) is 7.11 Å². The van der Waals surface area contributed by atoms with Crippen molar-refractivity contribution in [2.45, 2.75) is 13.3 Å². The van der Waals surface area contributed by atoms with E-state index in [0.717, 1.165) is 31.1 Å². The number of nitrogens with zero attached hydrogens (tertiary/aromatic N) is 1. The van der Waals surface area contributed by atoms with Gasteiger partial charge in [-0.25, -0.2) is 0 Å². The molecular formula is C17H22ClNO. The van der Waals surface area contributed by atoms with Crippen molar-refractivity contribution < 1.29 is 4.74 Å². The highest BCUT2D eigenvalue weighted by molar-refractivity contribution is 6.30. The third-order valence-corrected chi connectivity index (χ3v) is 3.95. The number of piperidine rings is 1. The minimum atomic E-state index is 0.577. The van der Waals surface area contributed by atoms with Crippen molar-refractivity contribution in [3.63, 3.8) is 0 Å². The van der Waals surface area contributed by atoms with Gasteiger partial charge in [-0.15, -0.1) is 0 Å². The van der Waals surface area contributed by atoms with Gasteiger partial charge < -0.3 is 4.74 Å². The summed E-state index contributed by atoms with van der Waals surface area (Å²) in [5.41, 5.74) is 2.62. The Morgan fingerprint density at radius 3 is 2.75 bits per heavy atom. The average Bonchev–Trinajstić information content (AvgIpc) is 2.44. The van der Waals surface area contributed by atoms with Crippen molar-refractivity contribution in [1.82, 2.24) is 4.90 Å². The highest BCUT2D eigenvalue weighted by Crippen LogP contribution is 2.22. The average molecular weight is 292 g/mol. The number of likely N-dealkylation sites (tertiary alicyclic amines) is 1. The van der Waals surface area contributed by atoms with Crippen LogP contribution in [-0.4, -0.2) is 31.6 Å². The van der Waals surface area contributed by atoms with Crippen LogP contribution in [0, 0.1) is 5.92 Å². The Labute approximate surface area is 126 Å². The van der Waals surface area contributed by atoms with E-state index in [1.807, 2.05) is 30.5 Å². The van der Waals surface area contributed by atoms with Crippen LogP contribution in [0.4, 0.5) is 0 Å². The molecule has 1 aromatic carbocycles. The molecule has 0 saturated carbocycles. The lowest BCUT2D eigenvalue weighted by atomic mass is 9.94. The SMILES string of the molecule is CO/C=C1/CCN(C/C=C/c2ccc(Cl)cc2)CC1C. The van der Waals surface area contributed by atoms with E-state index in [1.165, 1.54) is 11.1 Å². The molecule has 1 aromatic rings. The number of halogens is 1. The van der Waals surface area contributed by atoms with Gasteiger partial charge in [0.2, 0.25) is 0 Å². The first kappa shape index (κ1) is 15.1. The van der Waals surface area contributed by atoms with E-state index >= 15 is 0 Å². The molecule has 0 amide bonds. The van der Waals surface area contributed by atoms with E-state index in [0.29, 0.717) is 5.92 Å². The Hall–Kier alpha value is -1.25. The molecule has 2 nitrogen and oxygen atoms in total. The molecule has 0 spiro atoms. The van der Waals surface area contributed by atoms with Gasteiger partial charge in [0.15, 0.2) is 0 Å². The Kier molecular flexibility index (Phi) is 5.69. The first-order valence-electron chi connectivity index (χ1n) is 7.05. The summed E-state index contributed by atoms with van der Waals surface area (Å²) in [4.78, 5) is 2.48. The van der Waals surface area contributed by atoms with E-state index in [4.69, 9.17) is 16.3 Å². The molecule has 1 aliphatic rings. The molecule has 0 radical (unpaired) electrons. The lowest BCUT2D eigenvalue weighted by molar-refractivity contribution is 0.232. The Morgan fingerprint density at radius 1 is 1.35 bits per heavy atom. The molecule has 0 bridgehead atoms. The number of rotatable bonds is 4. The molecule has 1 saturated heterocycles. The fraction of sp³-hybridized carbons (Fsp3) is 0.412. The number of hydrogen-bond acceptors (Lipinski definition) is 2. The molecular weight excluding hydrogens is 270 g/mol. The summed E-state index contributed by atoms with van der Waals surface area (Å²) < 4.78 is 5.13. The summed E-state index contributed by atoms with van der Waals surface area (Å²) in [6.45, 7) is 5.46. The van der Waals surface area contributed by atoms with Crippen molar-refractivity contribution in [3.05, 3.63) is 52.8 Å². The summed E-state index contributed by atoms with van der Waals surface area (Å²) in [6, 6.07) is 7.92. The zero-order chi connectivity index (χ0) is 14.4. The molecule has 2 rings (SSSR count). The van der Waals surface area contributed by atoms with E-state index in [-0.39, 0.29) is 0 Å². The zero-order valence-electron chi connectivity index (χ0n) is 12.2. The first-order valence-corrected chi connectivity index (χ1v) is 7.43. The summed E-state index contributed by atoms with van der Waals surface area (Å²) in [7, 11) is 1.72. The molecule has 20 heavy (non-hydrogen) atoms. The fourth-order valence-corrected chi connectivity index (χ4v) is 2.66. The van der Waals surface area contributed by atoms with Gasteiger partial charge in [-0.1, -0.05) is 42.8 Å². The second kappa shape index (κ2) is 7.51. The molecule has 1 aliphatic heterocycles. The Bertz CT molecular complexity index is 478. The van der Waals surface area contributed by atoms with Crippen LogP contribution in [0.1, 0.15) is 18.9 Å². The summed E-state index contributed by atoms with van der Waals surface area (Å²) >= 11 is 5.87. The van der Waals surface area contributed by atoms with Crippen LogP contribution in [-0.2, 0) is 4.74 Å². The standard InChI is InChI=1S/C17H22ClNO/c1-14-12-19(11-9-16(14)13-20-2)10-3-4-15-5-7-17(18)8-6-15/h3-8,13-14H,9-12H2,1-2H3/b4-3+,16-13-. The lowest BCUT2D eigenvalue weighted by Crippen LogP contribution is -2.35. The van der Waals surface area contributed by atoms with Crippen molar-refractivity contribution in [2.75, 3.05) is 26.7 Å². The minimum Gasteiger partial charge on any atom is -0.504 e. The third kappa shape index (κ3) is 4.39. The van der Waals surface area contributed by atoms with Crippen LogP contribution >= 0.6 is 11.6 Å². The van der Waals surface area contributed by atoms with Crippen LogP contribution in [0.3, 0.4) is 0 Å². The van der Waals surface area contributed by atoms with Gasteiger partial charge in [-0.3, -0.25) is 4.90 Å². The molecule has 1 heterocycles. The van der Waals surface area contributed by atoms with E-state index < -0.39 is 0 Å². The number of hydrogen-bond donors (Lipinski definition) is 0. The quantitative estimate of drug-likeness (QED) is 0.770. The number of ether oxygens (including phenoxy) is 1. The van der Waals surface area contributed by atoms with Gasteiger partial charge in [0.1, 0.15) is 0 Å². The number of methoxy groups -OCH3 is 1. The maximum Gasteiger partial charge on any atom is 0.0820 e. The largest absolute Gasteiger partial charge is 0.504 e. The van der Waals surface area contributed by atoms with Crippen molar-refractivity contribution in [1.29, 1.82) is 0 Å². The van der Waals surface area contributed by atoms with Crippen LogP contribution in [0.5, 0.6) is 0 Å². The van der Waals surface area contributed by atoms with E-state index in [9.17, 15) is 0 Å². The normalized spacial score (nSPS) is 22.6. The first-order chi connectivity index (χ1) is 9.69. The predicted octanol–water partition coefficient (Wildman–Crippen LogP) is 4.23. The fourth-order valence-electron chi connectivity index (χ4n) is 2.53. The number of benzene rings is 1. The Morgan fingerprint density at radius 2 is 2.10 bits per heavy atom. The molecule has 3 heteroatoms. The van der Waals surface area contributed by atoms with E-state index in [2.05, 4.69) is 24.0 Å². The van der Waals surface area contributed by atoms with Crippen molar-refractivity contribution in [2.24, 2.45) is 5.92 Å². The molecule has 0 aliphatic carbocycles. The second-order valence-electron chi connectivity index (χ2n) is 5.29. The zero-order valence-corrected chi connectivity index (χ0v) is 12.9. The van der Waals surface area contributed by atoms with Gasteiger partial charge in [0, 0.05) is 24.7 Å². The maximum atomic E-state index is 5.87. The predicted molar refractivity (Wildman–Crippen MR) is 85.8 cm³/mol. The minimum absolute atomic E-state index is 0.577. The van der Waals surface area contributed by atoms with Gasteiger partial charge in [-0.05, 0) is 35.6 Å². The van der Waals surface area contributed by atoms with Crippen molar-refractivity contribution in [3.8, 4) is 0 Å². The Balaban J connectivity index is 1.83. The van der Waals surface area contributed by atoms with Crippen molar-refractivity contribution >= 4 is 17.7 Å². The van der Waals surface area contributed by atoms with Crippen LogP contribution in [0.15, 0.2) is 42.2 Å². The highest BCUT2D eigenvalue weighted by Gasteiger charge is 2.19. The molecule has 1 atom stereocenters. The second-order valence-corrected chi connectivity index (χ2v) is 5.73. The van der Waals surface area contributed by atoms with Gasteiger partial charge >= 0.3 is 0 Å². The van der Waals surface area contributed by atoms with Gasteiger partial charge in [-0.2, -0.15) is 0 Å². The summed E-state index contributed by atoms with van der Waals surface area (Å²) in [5, 5.41) is 0.782. The highest BCUT2D eigenvalue weighted by atomic mass is 35.5. The van der Waals surface area contributed by atoms with Crippen LogP contribution in [0.2, 0.25) is 5.02 Å². The summed E-state index contributed by atoms with van der Waals surface area (Å²) in [5.74, 6) is 0.577. The molecule has 0 aromatic heterocycles. The monoisotopic (exact) mass is 291 g/mol. The molecule has 1 fully saturated rings. The van der Waals surface area contributed by atoms with Gasteiger partial charge in [0.25, 0.3) is 0 Å². The molecule has 0 N–H and O–H groups in total. The molecule has 108 valence electrons. The smallest absolute Gasteiger partial charge is 0.0820 e. The van der Waals surface area contributed by atoms with Gasteiger partial charge in [0.05, 0.1) is 13.4 Å². The lowest BCUT2D eigenvalue weighted by Gasteiger charge is -2.31. The summed E-state index contributed by atoms with van der Waals surface area (Å²) in [6.07, 6.45) is 7.39.